The molecule has 0 bridgehead atoms. The van der Waals surface area contributed by atoms with Crippen LogP contribution >= 0.6 is 0 Å². The Morgan fingerprint density at radius 2 is 0.840 bits per heavy atom. The van der Waals surface area contributed by atoms with Crippen molar-refractivity contribution >= 4 is 10.4 Å². The fourth-order valence-corrected chi connectivity index (χ4v) is 2.64. The van der Waals surface area contributed by atoms with E-state index in [2.05, 4.69) is 20.3 Å². The van der Waals surface area contributed by atoms with Gasteiger partial charge in [0.25, 0.3) is 0 Å². The van der Waals surface area contributed by atoms with E-state index in [0.717, 1.165) is 0 Å². The van der Waals surface area contributed by atoms with E-state index >= 15 is 0 Å². The maximum atomic E-state index is 8.74. The predicted molar refractivity (Wildman–Crippen MR) is 104 cm³/mol. The molecule has 25 heavy (non-hydrogen) atoms. The van der Waals surface area contributed by atoms with Gasteiger partial charge in [0.05, 0.1) is 0 Å². The van der Waals surface area contributed by atoms with Crippen LogP contribution in [-0.2, 0) is 10.4 Å². The molecular weight excluding hydrogens is 347 g/mol. The van der Waals surface area contributed by atoms with Crippen molar-refractivity contribution in [3.05, 3.63) is 6.42 Å². The summed E-state index contributed by atoms with van der Waals surface area (Å²) < 4.78 is 31.6. The molecule has 6 heteroatoms. The normalized spacial score (nSPS) is 10.7. The van der Waals surface area contributed by atoms with Crippen molar-refractivity contribution in [2.45, 2.75) is 117 Å². The first-order valence-electron chi connectivity index (χ1n) is 9.93. The van der Waals surface area contributed by atoms with Crippen molar-refractivity contribution in [1.29, 1.82) is 0 Å². The zero-order valence-electron chi connectivity index (χ0n) is 17.0. The third-order valence-electron chi connectivity index (χ3n) is 4.02. The quantitative estimate of drug-likeness (QED) is 0.182. The minimum atomic E-state index is -4.67. The summed E-state index contributed by atoms with van der Waals surface area (Å²) in [5.41, 5.74) is 0. The molecule has 0 saturated carbocycles. The molecule has 0 aromatic rings. The van der Waals surface area contributed by atoms with E-state index in [1.54, 1.807) is 0 Å². The standard InChI is InChI=1S/C19H39.Na.H2O4S/c1-3-5-7-9-11-13-15-17-19-18-16-14-12-10-8-6-4-2;;1-5(2,3)4/h15H,3-14,16-19H2,1-2H3;;(H2,1,2,3,4)/q-1;+1;. The van der Waals surface area contributed by atoms with Crippen molar-refractivity contribution in [3.8, 4) is 0 Å². The van der Waals surface area contributed by atoms with Crippen molar-refractivity contribution in [2.75, 3.05) is 0 Å². The van der Waals surface area contributed by atoms with Crippen LogP contribution in [-0.4, -0.2) is 17.5 Å². The van der Waals surface area contributed by atoms with Gasteiger partial charge in [0.15, 0.2) is 0 Å². The maximum absolute atomic E-state index is 8.74. The van der Waals surface area contributed by atoms with Crippen molar-refractivity contribution in [3.63, 3.8) is 0 Å². The Hall–Kier alpha value is 0.870. The van der Waals surface area contributed by atoms with Crippen LogP contribution in [0.3, 0.4) is 0 Å². The van der Waals surface area contributed by atoms with Gasteiger partial charge >= 0.3 is 40.0 Å². The van der Waals surface area contributed by atoms with E-state index in [1.807, 2.05) is 0 Å². The van der Waals surface area contributed by atoms with E-state index in [0.29, 0.717) is 0 Å². The third-order valence-corrected chi connectivity index (χ3v) is 4.02. The largest absolute Gasteiger partial charge is 1.00 e. The van der Waals surface area contributed by atoms with E-state index in [-0.39, 0.29) is 29.6 Å². The Balaban J connectivity index is -0.000000704. The van der Waals surface area contributed by atoms with Gasteiger partial charge in [-0.1, -0.05) is 104 Å². The molecule has 0 aromatic heterocycles. The van der Waals surface area contributed by atoms with Gasteiger partial charge in [0.2, 0.25) is 0 Å². The topological polar surface area (TPSA) is 74.6 Å². The van der Waals surface area contributed by atoms with Gasteiger partial charge in [-0.15, -0.1) is 0 Å². The zero-order valence-corrected chi connectivity index (χ0v) is 19.8. The smallest absolute Gasteiger partial charge is 0.328 e. The Morgan fingerprint density at radius 1 is 0.600 bits per heavy atom. The third kappa shape index (κ3) is 45.7. The molecule has 148 valence electrons. The summed E-state index contributed by atoms with van der Waals surface area (Å²) in [6.45, 7) is 4.58. The summed E-state index contributed by atoms with van der Waals surface area (Å²) in [5.74, 6) is 0. The minimum absolute atomic E-state index is 0. The van der Waals surface area contributed by atoms with Crippen molar-refractivity contribution in [1.82, 2.24) is 0 Å². The van der Waals surface area contributed by atoms with Crippen molar-refractivity contribution in [2.24, 2.45) is 0 Å². The first-order chi connectivity index (χ1) is 11.4. The van der Waals surface area contributed by atoms with Crippen molar-refractivity contribution < 1.29 is 47.1 Å². The van der Waals surface area contributed by atoms with Crippen LogP contribution in [0.1, 0.15) is 117 Å². The van der Waals surface area contributed by atoms with E-state index in [4.69, 9.17) is 17.5 Å². The van der Waals surface area contributed by atoms with Gasteiger partial charge in [0, 0.05) is 0 Å². The maximum Gasteiger partial charge on any atom is 1.00 e. The fourth-order valence-electron chi connectivity index (χ4n) is 2.64. The van der Waals surface area contributed by atoms with Crippen LogP contribution in [0.5, 0.6) is 0 Å². The molecule has 0 amide bonds. The van der Waals surface area contributed by atoms with Gasteiger partial charge in [0.1, 0.15) is 0 Å². The fraction of sp³-hybridized carbons (Fsp3) is 0.947. The van der Waals surface area contributed by atoms with Crippen LogP contribution < -0.4 is 29.6 Å². The van der Waals surface area contributed by atoms with Gasteiger partial charge in [-0.05, 0) is 0 Å². The number of hydrogen-bond donors (Lipinski definition) is 2. The molecule has 4 nitrogen and oxygen atoms in total. The molecule has 0 saturated heterocycles. The second-order valence-electron chi connectivity index (χ2n) is 6.56. The molecule has 0 radical (unpaired) electrons. The van der Waals surface area contributed by atoms with Crippen LogP contribution in [0.25, 0.3) is 0 Å². The summed E-state index contributed by atoms with van der Waals surface area (Å²) in [6.07, 6.45) is 25.4. The Kier molecular flexibility index (Phi) is 30.4. The van der Waals surface area contributed by atoms with Gasteiger partial charge in [-0.2, -0.15) is 21.3 Å². The molecule has 0 aliphatic heterocycles. The second kappa shape index (κ2) is 24.9. The molecule has 0 fully saturated rings. The SMILES string of the molecule is CCCCCCC[CH-]CCCCCCCCCCC.O=S(=O)(O)O.[Na+]. The second-order valence-corrected chi connectivity index (χ2v) is 7.45. The molecule has 0 heterocycles. The van der Waals surface area contributed by atoms with E-state index in [1.165, 1.54) is 103 Å². The Morgan fingerprint density at radius 3 is 1.12 bits per heavy atom. The molecule has 0 rings (SSSR count). The van der Waals surface area contributed by atoms with Gasteiger partial charge in [-0.25, -0.2) is 0 Å². The summed E-state index contributed by atoms with van der Waals surface area (Å²) in [6, 6.07) is 0. The predicted octanol–water partition coefficient (Wildman–Crippen LogP) is 3.82. The molecule has 0 atom stereocenters. The van der Waals surface area contributed by atoms with Crippen LogP contribution in [0.2, 0.25) is 0 Å². The summed E-state index contributed by atoms with van der Waals surface area (Å²) >= 11 is 0. The summed E-state index contributed by atoms with van der Waals surface area (Å²) in [5, 5.41) is 0. The zero-order chi connectivity index (χ0) is 18.5. The van der Waals surface area contributed by atoms with Gasteiger partial charge < -0.3 is 6.42 Å². The first kappa shape index (κ1) is 30.6. The molecule has 0 aliphatic rings. The monoisotopic (exact) mass is 388 g/mol. The summed E-state index contributed by atoms with van der Waals surface area (Å²) in [4.78, 5) is 0. The molecule has 0 aromatic carbocycles. The Bertz CT molecular complexity index is 297. The van der Waals surface area contributed by atoms with Crippen LogP contribution in [0.15, 0.2) is 0 Å². The van der Waals surface area contributed by atoms with Crippen LogP contribution in [0.4, 0.5) is 0 Å². The molecule has 0 spiro atoms. The van der Waals surface area contributed by atoms with Gasteiger partial charge in [-0.3, -0.25) is 9.11 Å². The summed E-state index contributed by atoms with van der Waals surface area (Å²) in [7, 11) is -4.67. The van der Waals surface area contributed by atoms with E-state index in [9.17, 15) is 0 Å². The van der Waals surface area contributed by atoms with Crippen LogP contribution in [0, 0.1) is 6.42 Å². The average molecular weight is 389 g/mol. The number of rotatable bonds is 16. The molecule has 0 unspecified atom stereocenters. The minimum Gasteiger partial charge on any atom is -0.328 e. The average Bonchev–Trinajstić information content (AvgIpc) is 2.49. The number of hydrogen-bond acceptors (Lipinski definition) is 2. The molecule has 2 N–H and O–H groups in total. The van der Waals surface area contributed by atoms with E-state index < -0.39 is 10.4 Å². The first-order valence-corrected chi connectivity index (χ1v) is 11.3. The molecular formula is C19H41NaO4S. The Labute approximate surface area is 179 Å². The number of unbranched alkanes of at least 4 members (excludes halogenated alkanes) is 16. The molecule has 0 aliphatic carbocycles.